The summed E-state index contributed by atoms with van der Waals surface area (Å²) in [7, 11) is 0. The van der Waals surface area contributed by atoms with Crippen LogP contribution in [0.2, 0.25) is 0 Å². The molecule has 3 aromatic heterocycles. The molecule has 7 heteroatoms. The van der Waals surface area contributed by atoms with E-state index in [-0.39, 0.29) is 17.9 Å². The molecule has 1 spiro atoms. The summed E-state index contributed by atoms with van der Waals surface area (Å²) in [6.07, 6.45) is 8.02. The number of likely N-dealkylation sites (tertiary alicyclic amines) is 1. The maximum atomic E-state index is 5.86. The fourth-order valence-electron chi connectivity index (χ4n) is 5.66. The van der Waals surface area contributed by atoms with E-state index in [4.69, 9.17) is 14.8 Å². The molecule has 3 aliphatic rings. The second-order valence-electron chi connectivity index (χ2n) is 9.57. The first-order valence-electron chi connectivity index (χ1n) is 11.8. The Bertz CT molecular complexity index is 1120. The first-order valence-corrected chi connectivity index (χ1v) is 11.8. The number of epoxide rings is 1. The Morgan fingerprint density at radius 3 is 3.00 bits per heavy atom. The summed E-state index contributed by atoms with van der Waals surface area (Å²) >= 11 is 0. The highest BCUT2D eigenvalue weighted by molar-refractivity contribution is 5.84. The van der Waals surface area contributed by atoms with Crippen LogP contribution in [-0.2, 0) is 16.7 Å². The molecule has 7 nitrogen and oxygen atoms in total. The predicted octanol–water partition coefficient (Wildman–Crippen LogP) is 3.58. The zero-order valence-corrected chi connectivity index (χ0v) is 18.7. The number of ether oxygens (including phenoxy) is 1. The van der Waals surface area contributed by atoms with Crippen LogP contribution >= 0.6 is 0 Å². The van der Waals surface area contributed by atoms with Crippen LogP contribution in [0, 0.1) is 0 Å². The van der Waals surface area contributed by atoms with Crippen LogP contribution in [0.3, 0.4) is 0 Å². The van der Waals surface area contributed by atoms with Crippen LogP contribution in [0.4, 0.5) is 0 Å². The average Bonchev–Trinajstić information content (AvgIpc) is 3.20. The molecule has 2 fully saturated rings. The quantitative estimate of drug-likeness (QED) is 0.596. The number of H-pyrrole nitrogens is 1. The van der Waals surface area contributed by atoms with Gasteiger partial charge in [-0.3, -0.25) is 14.9 Å². The third-order valence-electron chi connectivity index (χ3n) is 7.74. The molecule has 2 N–H and O–H groups in total. The van der Waals surface area contributed by atoms with Crippen molar-refractivity contribution in [1.29, 1.82) is 0 Å². The van der Waals surface area contributed by atoms with E-state index in [1.54, 1.807) is 0 Å². The molecule has 6 rings (SSSR count). The Balaban J connectivity index is 1.28. The van der Waals surface area contributed by atoms with Gasteiger partial charge in [0.15, 0.2) is 12.5 Å². The van der Waals surface area contributed by atoms with Gasteiger partial charge in [0.1, 0.15) is 5.65 Å². The normalized spacial score (nSPS) is 28.6. The standard InChI is InChI=1S/C24H32N6O/c1-4-15(3)18-13-27-21-17(18)10-16(12-26-21)19-11-20-24(7-9-30(20)28-19)6-8-29(14-24)23-22(31-23)25-5-2/h10-13,15,22-23,25H,4-9,14H2,1-3H3,(H,26,27). The van der Waals surface area contributed by atoms with Crippen molar-refractivity contribution in [3.05, 3.63) is 35.8 Å². The van der Waals surface area contributed by atoms with Gasteiger partial charge in [-0.25, -0.2) is 4.98 Å². The summed E-state index contributed by atoms with van der Waals surface area (Å²) in [5, 5.41) is 9.63. The zero-order valence-electron chi connectivity index (χ0n) is 18.7. The Morgan fingerprint density at radius 1 is 1.29 bits per heavy atom. The molecule has 0 radical (unpaired) electrons. The molecule has 6 heterocycles. The molecule has 3 aliphatic heterocycles. The largest absolute Gasteiger partial charge is 0.346 e. The molecule has 2 saturated heterocycles. The van der Waals surface area contributed by atoms with E-state index in [0.29, 0.717) is 5.92 Å². The Labute approximate surface area is 183 Å². The van der Waals surface area contributed by atoms with Crippen molar-refractivity contribution in [2.45, 2.75) is 70.4 Å². The van der Waals surface area contributed by atoms with E-state index in [9.17, 15) is 0 Å². The fraction of sp³-hybridized carbons (Fsp3) is 0.583. The summed E-state index contributed by atoms with van der Waals surface area (Å²) in [6, 6.07) is 4.59. The van der Waals surface area contributed by atoms with Crippen molar-refractivity contribution in [1.82, 2.24) is 30.0 Å². The van der Waals surface area contributed by atoms with Crippen LogP contribution in [0.15, 0.2) is 24.5 Å². The van der Waals surface area contributed by atoms with Crippen LogP contribution in [0.25, 0.3) is 22.3 Å². The van der Waals surface area contributed by atoms with Crippen LogP contribution in [-0.4, -0.2) is 56.7 Å². The Kier molecular flexibility index (Phi) is 4.49. The van der Waals surface area contributed by atoms with Crippen molar-refractivity contribution in [3.63, 3.8) is 0 Å². The van der Waals surface area contributed by atoms with E-state index in [1.165, 1.54) is 29.5 Å². The fourth-order valence-corrected chi connectivity index (χ4v) is 5.66. The first kappa shape index (κ1) is 19.5. The number of aromatic amines is 1. The van der Waals surface area contributed by atoms with Crippen molar-refractivity contribution in [2.75, 3.05) is 19.6 Å². The minimum absolute atomic E-state index is 0.209. The highest BCUT2D eigenvalue weighted by Crippen LogP contribution is 2.46. The molecule has 0 aliphatic carbocycles. The molecule has 0 aromatic carbocycles. The average molecular weight is 421 g/mol. The number of nitrogens with one attached hydrogen (secondary N) is 2. The van der Waals surface area contributed by atoms with E-state index in [2.05, 4.69) is 59.0 Å². The number of aryl methyl sites for hydroxylation is 1. The third-order valence-corrected chi connectivity index (χ3v) is 7.74. The van der Waals surface area contributed by atoms with Crippen molar-refractivity contribution < 1.29 is 4.74 Å². The Morgan fingerprint density at radius 2 is 2.16 bits per heavy atom. The van der Waals surface area contributed by atoms with Crippen LogP contribution < -0.4 is 5.32 Å². The molecule has 0 amide bonds. The number of pyridine rings is 1. The van der Waals surface area contributed by atoms with Gasteiger partial charge < -0.3 is 9.72 Å². The number of hydrogen-bond acceptors (Lipinski definition) is 5. The van der Waals surface area contributed by atoms with E-state index in [1.807, 2.05) is 6.20 Å². The molecule has 3 aromatic rings. The van der Waals surface area contributed by atoms with E-state index < -0.39 is 0 Å². The maximum absolute atomic E-state index is 5.86. The van der Waals surface area contributed by atoms with Gasteiger partial charge in [-0.2, -0.15) is 5.10 Å². The van der Waals surface area contributed by atoms with E-state index >= 15 is 0 Å². The van der Waals surface area contributed by atoms with Gasteiger partial charge in [-0.1, -0.05) is 20.8 Å². The van der Waals surface area contributed by atoms with Gasteiger partial charge in [0.2, 0.25) is 0 Å². The third kappa shape index (κ3) is 3.05. The maximum Gasteiger partial charge on any atom is 0.153 e. The molecular formula is C24H32N6O. The number of fused-ring (bicyclic) bond motifs is 3. The van der Waals surface area contributed by atoms with E-state index in [0.717, 1.165) is 49.5 Å². The smallest absolute Gasteiger partial charge is 0.153 e. The lowest BCUT2D eigenvalue weighted by Gasteiger charge is -2.22. The van der Waals surface area contributed by atoms with Crippen molar-refractivity contribution >= 4 is 11.0 Å². The molecular weight excluding hydrogens is 388 g/mol. The van der Waals surface area contributed by atoms with Crippen molar-refractivity contribution in [2.24, 2.45) is 0 Å². The monoisotopic (exact) mass is 420 g/mol. The summed E-state index contributed by atoms with van der Waals surface area (Å²) < 4.78 is 8.10. The van der Waals surface area contributed by atoms with Gasteiger partial charge >= 0.3 is 0 Å². The second kappa shape index (κ2) is 7.15. The predicted molar refractivity (Wildman–Crippen MR) is 121 cm³/mol. The molecule has 4 atom stereocenters. The lowest BCUT2D eigenvalue weighted by molar-refractivity contribution is 0.198. The minimum Gasteiger partial charge on any atom is -0.346 e. The number of hydrogen-bond donors (Lipinski definition) is 2. The number of rotatable bonds is 6. The van der Waals surface area contributed by atoms with Gasteiger partial charge in [0.25, 0.3) is 0 Å². The molecule has 164 valence electrons. The number of likely N-dealkylation sites (N-methyl/N-ethyl adjacent to an activating group) is 1. The molecule has 0 bridgehead atoms. The lowest BCUT2D eigenvalue weighted by Crippen LogP contribution is -2.34. The topological polar surface area (TPSA) is 74.3 Å². The minimum atomic E-state index is 0.209. The number of nitrogens with zero attached hydrogens (tertiary/aromatic N) is 4. The lowest BCUT2D eigenvalue weighted by atomic mass is 9.82. The second-order valence-corrected chi connectivity index (χ2v) is 9.57. The summed E-state index contributed by atoms with van der Waals surface area (Å²) in [6.45, 7) is 10.8. The van der Waals surface area contributed by atoms with Gasteiger partial charge in [-0.05, 0) is 49.4 Å². The van der Waals surface area contributed by atoms with Crippen LogP contribution in [0.5, 0.6) is 0 Å². The SMILES string of the molecule is CCNC1OC1N1CCC2(CCn3nc(-c4cnc5[nH]cc(C(C)CC)c5c4)cc32)C1. The highest BCUT2D eigenvalue weighted by Gasteiger charge is 2.52. The van der Waals surface area contributed by atoms with Gasteiger partial charge in [-0.15, -0.1) is 0 Å². The highest BCUT2D eigenvalue weighted by atomic mass is 16.6. The van der Waals surface area contributed by atoms with Crippen molar-refractivity contribution in [3.8, 4) is 11.3 Å². The zero-order chi connectivity index (χ0) is 21.2. The van der Waals surface area contributed by atoms with Gasteiger partial charge in [0.05, 0.1) is 5.69 Å². The van der Waals surface area contributed by atoms with Gasteiger partial charge in [0, 0.05) is 54.1 Å². The summed E-state index contributed by atoms with van der Waals surface area (Å²) in [5.41, 5.74) is 6.07. The number of aromatic nitrogens is 4. The first-order chi connectivity index (χ1) is 15.1. The molecule has 4 unspecified atom stereocenters. The summed E-state index contributed by atoms with van der Waals surface area (Å²) in [5.74, 6) is 0.515. The Hall–Kier alpha value is -2.22. The van der Waals surface area contributed by atoms with Crippen LogP contribution in [0.1, 0.15) is 57.2 Å². The molecule has 0 saturated carbocycles. The molecule has 31 heavy (non-hydrogen) atoms. The summed E-state index contributed by atoms with van der Waals surface area (Å²) in [4.78, 5) is 10.6.